The lowest BCUT2D eigenvalue weighted by Gasteiger charge is -2.46. The van der Waals surface area contributed by atoms with Crippen molar-refractivity contribution in [3.63, 3.8) is 0 Å². The standard InChI is InChI=1S/C38H38N2O8/c1-3-29(23-15-19-27(20-16-23)47-25-11-7-5-8-12-25)39-35(41)31-32(34(38(45)46)33(31)37(43)44)36(42)40-30(4-2)24-17-21-28(22-18-24)48-26-13-9-6-10-14-26/h5-22,29-34H,3-4H2,1-2H3,(H,39,41)(H,40,42)(H,43,44)(H,45,46)/t29-,30-,31+,32+,33+,34+/m0/s1. The molecule has 4 aromatic carbocycles. The average molecular weight is 651 g/mol. The van der Waals surface area contributed by atoms with Gasteiger partial charge in [0.25, 0.3) is 0 Å². The number of amides is 2. The zero-order valence-electron chi connectivity index (χ0n) is 26.6. The molecule has 0 aliphatic heterocycles. The van der Waals surface area contributed by atoms with Crippen molar-refractivity contribution >= 4 is 23.8 Å². The van der Waals surface area contributed by atoms with Crippen LogP contribution in [0.25, 0.3) is 0 Å². The van der Waals surface area contributed by atoms with Crippen LogP contribution in [-0.2, 0) is 19.2 Å². The molecule has 48 heavy (non-hydrogen) atoms. The van der Waals surface area contributed by atoms with Crippen molar-refractivity contribution in [2.75, 3.05) is 0 Å². The van der Waals surface area contributed by atoms with Gasteiger partial charge in [-0.05, 0) is 72.5 Å². The van der Waals surface area contributed by atoms with Gasteiger partial charge in [-0.1, -0.05) is 74.5 Å². The quantitative estimate of drug-likeness (QED) is 0.117. The van der Waals surface area contributed by atoms with Crippen LogP contribution in [0.5, 0.6) is 23.0 Å². The van der Waals surface area contributed by atoms with E-state index < -0.39 is 59.5 Å². The molecule has 1 saturated carbocycles. The molecular weight excluding hydrogens is 612 g/mol. The minimum atomic E-state index is -1.56. The molecule has 0 unspecified atom stereocenters. The van der Waals surface area contributed by atoms with Gasteiger partial charge in [0.15, 0.2) is 0 Å². The van der Waals surface area contributed by atoms with E-state index in [9.17, 15) is 29.4 Å². The Morgan fingerprint density at radius 1 is 0.521 bits per heavy atom. The summed E-state index contributed by atoms with van der Waals surface area (Å²) in [4.78, 5) is 51.9. The number of benzene rings is 4. The van der Waals surface area contributed by atoms with Gasteiger partial charge in [0.05, 0.1) is 35.8 Å². The molecule has 10 heteroatoms. The number of rotatable bonds is 14. The van der Waals surface area contributed by atoms with Crippen molar-refractivity contribution in [1.82, 2.24) is 10.6 Å². The van der Waals surface area contributed by atoms with Crippen molar-refractivity contribution in [3.8, 4) is 23.0 Å². The van der Waals surface area contributed by atoms with E-state index in [1.807, 2.05) is 74.5 Å². The molecule has 5 rings (SSSR count). The number of carboxylic acid groups (broad SMARTS) is 2. The Kier molecular flexibility index (Phi) is 10.7. The maximum Gasteiger partial charge on any atom is 0.308 e. The van der Waals surface area contributed by atoms with Gasteiger partial charge in [0, 0.05) is 0 Å². The van der Waals surface area contributed by atoms with E-state index in [0.717, 1.165) is 11.1 Å². The minimum absolute atomic E-state index is 0.468. The average Bonchev–Trinajstić information content (AvgIpc) is 3.07. The van der Waals surface area contributed by atoms with Crippen LogP contribution in [0.2, 0.25) is 0 Å². The molecule has 1 aliphatic carbocycles. The highest BCUT2D eigenvalue weighted by Gasteiger charge is 2.63. The van der Waals surface area contributed by atoms with Gasteiger partial charge in [0.2, 0.25) is 11.8 Å². The van der Waals surface area contributed by atoms with Crippen molar-refractivity contribution in [3.05, 3.63) is 120 Å². The Balaban J connectivity index is 1.30. The number of hydrogen-bond donors (Lipinski definition) is 4. The molecule has 0 spiro atoms. The molecule has 0 heterocycles. The highest BCUT2D eigenvalue weighted by atomic mass is 16.5. The van der Waals surface area contributed by atoms with E-state index >= 15 is 0 Å². The SMILES string of the molecule is CC[C@H](NC(=O)[C@H]1[C@@H](C(=O)O)[C@H](C(=O)O)[C@@H]1C(=O)N[C@@H](CC)c1ccc(Oc2ccccc2)cc1)c1ccc(Oc2ccccc2)cc1. The number of para-hydroxylation sites is 2. The van der Waals surface area contributed by atoms with Crippen LogP contribution in [0.4, 0.5) is 0 Å². The van der Waals surface area contributed by atoms with Gasteiger partial charge in [-0.25, -0.2) is 0 Å². The summed E-state index contributed by atoms with van der Waals surface area (Å²) in [6.07, 6.45) is 0.937. The van der Waals surface area contributed by atoms with Crippen molar-refractivity contribution in [1.29, 1.82) is 0 Å². The Hall–Kier alpha value is -5.64. The molecule has 6 atom stereocenters. The third-order valence-corrected chi connectivity index (χ3v) is 8.70. The third-order valence-electron chi connectivity index (χ3n) is 8.70. The van der Waals surface area contributed by atoms with Gasteiger partial charge in [-0.15, -0.1) is 0 Å². The summed E-state index contributed by atoms with van der Waals surface area (Å²) < 4.78 is 11.7. The molecule has 0 saturated heterocycles. The minimum Gasteiger partial charge on any atom is -0.481 e. The summed E-state index contributed by atoms with van der Waals surface area (Å²) in [5.74, 6) is -7.60. The first-order valence-electron chi connectivity index (χ1n) is 15.9. The monoisotopic (exact) mass is 650 g/mol. The summed E-state index contributed by atoms with van der Waals surface area (Å²) in [5.41, 5.74) is 1.50. The van der Waals surface area contributed by atoms with Crippen LogP contribution in [0, 0.1) is 23.7 Å². The van der Waals surface area contributed by atoms with Gasteiger partial charge in [0.1, 0.15) is 23.0 Å². The smallest absolute Gasteiger partial charge is 0.308 e. The van der Waals surface area contributed by atoms with Crippen LogP contribution < -0.4 is 20.1 Å². The number of ether oxygens (including phenoxy) is 2. The summed E-state index contributed by atoms with van der Waals surface area (Å²) >= 11 is 0. The summed E-state index contributed by atoms with van der Waals surface area (Å²) in [6, 6.07) is 31.8. The molecular formula is C38H38N2O8. The molecule has 4 N–H and O–H groups in total. The fourth-order valence-corrected chi connectivity index (χ4v) is 6.18. The molecule has 0 aromatic heterocycles. The van der Waals surface area contributed by atoms with Crippen LogP contribution >= 0.6 is 0 Å². The first-order valence-corrected chi connectivity index (χ1v) is 15.9. The second-order valence-electron chi connectivity index (χ2n) is 11.7. The summed E-state index contributed by atoms with van der Waals surface area (Å²) in [6.45, 7) is 3.72. The molecule has 248 valence electrons. The van der Waals surface area contributed by atoms with Gasteiger partial charge < -0.3 is 30.3 Å². The van der Waals surface area contributed by atoms with Crippen molar-refractivity contribution in [2.45, 2.75) is 38.8 Å². The normalized spacial score (nSPS) is 19.5. The lowest BCUT2D eigenvalue weighted by atomic mass is 9.55. The molecule has 0 bridgehead atoms. The van der Waals surface area contributed by atoms with Crippen LogP contribution in [0.3, 0.4) is 0 Å². The maximum absolute atomic E-state index is 13.7. The van der Waals surface area contributed by atoms with E-state index in [1.54, 1.807) is 48.5 Å². The van der Waals surface area contributed by atoms with Crippen LogP contribution in [0.15, 0.2) is 109 Å². The van der Waals surface area contributed by atoms with Crippen molar-refractivity contribution in [2.24, 2.45) is 23.7 Å². The summed E-state index contributed by atoms with van der Waals surface area (Å²) in [5, 5.41) is 25.7. The third kappa shape index (κ3) is 7.66. The van der Waals surface area contributed by atoms with E-state index in [2.05, 4.69) is 10.6 Å². The highest BCUT2D eigenvalue weighted by molar-refractivity contribution is 5.99. The summed E-state index contributed by atoms with van der Waals surface area (Å²) in [7, 11) is 0. The van der Waals surface area contributed by atoms with Crippen LogP contribution in [0.1, 0.15) is 49.9 Å². The topological polar surface area (TPSA) is 151 Å². The largest absolute Gasteiger partial charge is 0.481 e. The van der Waals surface area contributed by atoms with Gasteiger partial charge >= 0.3 is 11.9 Å². The van der Waals surface area contributed by atoms with Crippen LogP contribution in [-0.4, -0.2) is 34.0 Å². The Morgan fingerprint density at radius 3 is 1.12 bits per heavy atom. The number of nitrogens with one attached hydrogen (secondary N) is 2. The number of carboxylic acids is 2. The van der Waals surface area contributed by atoms with E-state index in [0.29, 0.717) is 35.8 Å². The molecule has 4 aromatic rings. The van der Waals surface area contributed by atoms with E-state index in [1.165, 1.54) is 0 Å². The first kappa shape index (κ1) is 33.7. The first-order chi connectivity index (χ1) is 23.2. The predicted molar refractivity (Wildman–Crippen MR) is 177 cm³/mol. The van der Waals surface area contributed by atoms with Gasteiger partial charge in [-0.2, -0.15) is 0 Å². The maximum atomic E-state index is 13.7. The fourth-order valence-electron chi connectivity index (χ4n) is 6.18. The fraction of sp³-hybridized carbons (Fsp3) is 0.263. The molecule has 10 nitrogen and oxygen atoms in total. The Morgan fingerprint density at radius 2 is 0.833 bits per heavy atom. The lowest BCUT2D eigenvalue weighted by molar-refractivity contribution is -0.182. The van der Waals surface area contributed by atoms with E-state index in [-0.39, 0.29) is 0 Å². The number of carbonyl (C=O) groups excluding carboxylic acids is 2. The second kappa shape index (κ2) is 15.3. The zero-order chi connectivity index (χ0) is 34.2. The zero-order valence-corrected chi connectivity index (χ0v) is 26.6. The second-order valence-corrected chi connectivity index (χ2v) is 11.7. The Bertz CT molecular complexity index is 1580. The molecule has 1 aliphatic rings. The molecule has 1 fully saturated rings. The molecule has 2 amide bonds. The predicted octanol–water partition coefficient (Wildman–Crippen LogP) is 6.75. The van der Waals surface area contributed by atoms with E-state index in [4.69, 9.17) is 9.47 Å². The highest BCUT2D eigenvalue weighted by Crippen LogP contribution is 2.48. The number of aliphatic carboxylic acids is 2. The number of hydrogen-bond acceptors (Lipinski definition) is 6. The van der Waals surface area contributed by atoms with Crippen molar-refractivity contribution < 1.29 is 38.9 Å². The lowest BCUT2D eigenvalue weighted by Crippen LogP contribution is -2.64. The molecule has 0 radical (unpaired) electrons. The number of carbonyl (C=O) groups is 4. The van der Waals surface area contributed by atoms with Gasteiger partial charge in [-0.3, -0.25) is 19.2 Å². The Labute approximate surface area is 278 Å².